The standard InChI is InChI=1S/C22H29N3O3S2/c1-4-28-22(27)25-9-7-18(8-10-25)23-20(26)12-19-14-30-21(24-19)29-13-17-11-15(2)5-6-16(17)3/h5-6,11,14,18H,4,7-10,12-13H2,1-3H3,(H,23,26). The molecule has 2 aromatic rings. The number of piperidine rings is 1. The van der Waals surface area contributed by atoms with Gasteiger partial charge >= 0.3 is 6.09 Å². The first-order valence-corrected chi connectivity index (χ1v) is 12.2. The van der Waals surface area contributed by atoms with Gasteiger partial charge in [0, 0.05) is 30.3 Å². The molecule has 0 saturated carbocycles. The number of thioether (sulfide) groups is 1. The summed E-state index contributed by atoms with van der Waals surface area (Å²) in [6.07, 6.45) is 1.52. The van der Waals surface area contributed by atoms with Gasteiger partial charge in [-0.1, -0.05) is 35.5 Å². The molecular weight excluding hydrogens is 418 g/mol. The molecular formula is C22H29N3O3S2. The molecule has 1 aromatic carbocycles. The molecule has 162 valence electrons. The number of hydrogen-bond donors (Lipinski definition) is 1. The fourth-order valence-electron chi connectivity index (χ4n) is 3.40. The number of benzene rings is 1. The van der Waals surface area contributed by atoms with E-state index in [0.717, 1.165) is 28.6 Å². The number of carbonyl (C=O) groups excluding carboxylic acids is 2. The van der Waals surface area contributed by atoms with Gasteiger partial charge in [-0.25, -0.2) is 9.78 Å². The molecule has 1 aliphatic rings. The van der Waals surface area contributed by atoms with Crippen molar-refractivity contribution in [1.82, 2.24) is 15.2 Å². The third kappa shape index (κ3) is 6.47. The van der Waals surface area contributed by atoms with Crippen molar-refractivity contribution in [1.29, 1.82) is 0 Å². The Balaban J connectivity index is 1.43. The van der Waals surface area contributed by atoms with Gasteiger partial charge in [0.25, 0.3) is 0 Å². The number of thiazole rings is 1. The van der Waals surface area contributed by atoms with Gasteiger partial charge in [-0.2, -0.15) is 0 Å². The zero-order valence-electron chi connectivity index (χ0n) is 17.8. The number of rotatable bonds is 7. The molecule has 0 aliphatic carbocycles. The maximum absolute atomic E-state index is 12.4. The quantitative estimate of drug-likeness (QED) is 0.640. The number of carbonyl (C=O) groups is 2. The van der Waals surface area contributed by atoms with Crippen molar-refractivity contribution in [3.63, 3.8) is 0 Å². The molecule has 30 heavy (non-hydrogen) atoms. The number of nitrogens with zero attached hydrogens (tertiary/aromatic N) is 2. The molecule has 1 aromatic heterocycles. The average molecular weight is 448 g/mol. The summed E-state index contributed by atoms with van der Waals surface area (Å²) in [4.78, 5) is 30.5. The summed E-state index contributed by atoms with van der Waals surface area (Å²) < 4.78 is 6.02. The summed E-state index contributed by atoms with van der Waals surface area (Å²) in [5.41, 5.74) is 4.69. The average Bonchev–Trinajstić information content (AvgIpc) is 3.16. The van der Waals surface area contributed by atoms with Gasteiger partial charge in [0.1, 0.15) is 4.34 Å². The predicted octanol–water partition coefficient (Wildman–Crippen LogP) is 4.33. The van der Waals surface area contributed by atoms with E-state index < -0.39 is 0 Å². The summed E-state index contributed by atoms with van der Waals surface area (Å²) in [6, 6.07) is 6.60. The Morgan fingerprint density at radius 3 is 2.80 bits per heavy atom. The lowest BCUT2D eigenvalue weighted by Gasteiger charge is -2.31. The highest BCUT2D eigenvalue weighted by atomic mass is 32.2. The Hall–Kier alpha value is -2.06. The van der Waals surface area contributed by atoms with Gasteiger partial charge in [-0.05, 0) is 44.7 Å². The smallest absolute Gasteiger partial charge is 0.409 e. The molecule has 3 rings (SSSR count). The number of aryl methyl sites for hydroxylation is 2. The van der Waals surface area contributed by atoms with Crippen LogP contribution in [-0.2, 0) is 21.7 Å². The van der Waals surface area contributed by atoms with Crippen LogP contribution in [0.4, 0.5) is 4.79 Å². The lowest BCUT2D eigenvalue weighted by Crippen LogP contribution is -2.47. The van der Waals surface area contributed by atoms with Crippen molar-refractivity contribution in [2.24, 2.45) is 0 Å². The molecule has 1 saturated heterocycles. The first-order chi connectivity index (χ1) is 14.4. The second kappa shape index (κ2) is 10.8. The molecule has 2 heterocycles. The number of aromatic nitrogens is 1. The first kappa shape index (κ1) is 22.6. The lowest BCUT2D eigenvalue weighted by molar-refractivity contribution is -0.121. The van der Waals surface area contributed by atoms with E-state index in [-0.39, 0.29) is 18.0 Å². The molecule has 0 radical (unpaired) electrons. The third-order valence-corrected chi connectivity index (χ3v) is 7.23. The van der Waals surface area contributed by atoms with E-state index in [1.54, 1.807) is 34.9 Å². The van der Waals surface area contributed by atoms with Crippen molar-refractivity contribution in [2.45, 2.75) is 56.2 Å². The van der Waals surface area contributed by atoms with Gasteiger partial charge in [-0.15, -0.1) is 11.3 Å². The van der Waals surface area contributed by atoms with Crippen LogP contribution in [0.1, 0.15) is 42.1 Å². The molecule has 0 atom stereocenters. The summed E-state index contributed by atoms with van der Waals surface area (Å²) in [5, 5.41) is 5.05. The number of amides is 2. The van der Waals surface area contributed by atoms with Crippen molar-refractivity contribution in [3.8, 4) is 0 Å². The molecule has 0 unspecified atom stereocenters. The second-order valence-corrected chi connectivity index (χ2v) is 9.61. The topological polar surface area (TPSA) is 71.5 Å². The van der Waals surface area contributed by atoms with E-state index >= 15 is 0 Å². The van der Waals surface area contributed by atoms with E-state index in [2.05, 4.69) is 42.3 Å². The van der Waals surface area contributed by atoms with Crippen molar-refractivity contribution in [2.75, 3.05) is 19.7 Å². The fraction of sp³-hybridized carbons (Fsp3) is 0.500. The number of ether oxygens (including phenoxy) is 1. The van der Waals surface area contributed by atoms with Gasteiger partial charge < -0.3 is 15.0 Å². The Bertz CT molecular complexity index is 876. The summed E-state index contributed by atoms with van der Waals surface area (Å²) >= 11 is 3.30. The van der Waals surface area contributed by atoms with Crippen LogP contribution < -0.4 is 5.32 Å². The van der Waals surface area contributed by atoms with Crippen LogP contribution >= 0.6 is 23.1 Å². The molecule has 8 heteroatoms. The lowest BCUT2D eigenvalue weighted by atomic mass is 10.1. The van der Waals surface area contributed by atoms with Crippen LogP contribution in [0.3, 0.4) is 0 Å². The highest BCUT2D eigenvalue weighted by Crippen LogP contribution is 2.28. The van der Waals surface area contributed by atoms with Crippen molar-refractivity contribution >= 4 is 35.1 Å². The van der Waals surface area contributed by atoms with E-state index in [1.165, 1.54) is 16.7 Å². The molecule has 6 nitrogen and oxygen atoms in total. The molecule has 0 bridgehead atoms. The Morgan fingerprint density at radius 1 is 1.30 bits per heavy atom. The number of hydrogen-bond acceptors (Lipinski definition) is 6. The van der Waals surface area contributed by atoms with Crippen molar-refractivity contribution < 1.29 is 14.3 Å². The maximum Gasteiger partial charge on any atom is 0.409 e. The van der Waals surface area contributed by atoms with Gasteiger partial charge in [0.2, 0.25) is 5.91 Å². The normalized spacial score (nSPS) is 14.6. The Morgan fingerprint density at radius 2 is 2.07 bits per heavy atom. The SMILES string of the molecule is CCOC(=O)N1CCC(NC(=O)Cc2csc(SCc3cc(C)ccc3C)n2)CC1. The van der Waals surface area contributed by atoms with Crippen molar-refractivity contribution in [3.05, 3.63) is 46.0 Å². The van der Waals surface area contributed by atoms with E-state index in [9.17, 15) is 9.59 Å². The largest absolute Gasteiger partial charge is 0.450 e. The number of likely N-dealkylation sites (tertiary alicyclic amines) is 1. The fourth-order valence-corrected chi connectivity index (χ4v) is 5.30. The van der Waals surface area contributed by atoms with Crippen LogP contribution in [0.25, 0.3) is 0 Å². The third-order valence-electron chi connectivity index (χ3n) is 5.11. The highest BCUT2D eigenvalue weighted by Gasteiger charge is 2.24. The van der Waals surface area contributed by atoms with Crippen LogP contribution in [0.15, 0.2) is 27.9 Å². The maximum atomic E-state index is 12.4. The van der Waals surface area contributed by atoms with Crippen LogP contribution in [0.5, 0.6) is 0 Å². The zero-order valence-corrected chi connectivity index (χ0v) is 19.4. The first-order valence-electron chi connectivity index (χ1n) is 10.3. The molecule has 0 spiro atoms. The summed E-state index contributed by atoms with van der Waals surface area (Å²) in [5.74, 6) is 0.868. The minimum Gasteiger partial charge on any atom is -0.450 e. The summed E-state index contributed by atoms with van der Waals surface area (Å²) in [7, 11) is 0. The highest BCUT2D eigenvalue weighted by molar-refractivity contribution is 8.00. The Kier molecular flexibility index (Phi) is 8.16. The predicted molar refractivity (Wildman–Crippen MR) is 121 cm³/mol. The zero-order chi connectivity index (χ0) is 21.5. The molecule has 1 N–H and O–H groups in total. The van der Waals surface area contributed by atoms with E-state index in [1.807, 2.05) is 5.38 Å². The van der Waals surface area contributed by atoms with Gasteiger partial charge in [-0.3, -0.25) is 4.79 Å². The van der Waals surface area contributed by atoms with E-state index in [4.69, 9.17) is 4.74 Å². The molecule has 1 fully saturated rings. The minimum atomic E-state index is -0.268. The minimum absolute atomic E-state index is 0.0130. The number of nitrogens with one attached hydrogen (secondary N) is 1. The monoisotopic (exact) mass is 447 g/mol. The molecule has 2 amide bonds. The second-order valence-electron chi connectivity index (χ2n) is 7.53. The van der Waals surface area contributed by atoms with Crippen LogP contribution in [-0.4, -0.2) is 47.6 Å². The van der Waals surface area contributed by atoms with Crippen LogP contribution in [0, 0.1) is 13.8 Å². The summed E-state index contributed by atoms with van der Waals surface area (Å²) in [6.45, 7) is 7.64. The molecule has 1 aliphatic heterocycles. The van der Waals surface area contributed by atoms with E-state index in [0.29, 0.717) is 26.1 Å². The van der Waals surface area contributed by atoms with Gasteiger partial charge in [0.15, 0.2) is 0 Å². The van der Waals surface area contributed by atoms with Gasteiger partial charge in [0.05, 0.1) is 18.7 Å². The van der Waals surface area contributed by atoms with Crippen LogP contribution in [0.2, 0.25) is 0 Å². The Labute approximate surface area is 186 Å².